The van der Waals surface area contributed by atoms with Crippen molar-refractivity contribution in [2.24, 2.45) is 0 Å². The molecule has 0 aliphatic rings. The monoisotopic (exact) mass is 314 g/mol. The SMILES string of the molecule is CCOCCOc1cc(C)nc(C(=O)Cc2ccc(C)cn2)c1. The molecule has 0 fully saturated rings. The minimum absolute atomic E-state index is 0.0697. The fourth-order valence-corrected chi connectivity index (χ4v) is 2.08. The smallest absolute Gasteiger partial charge is 0.187 e. The Bertz CT molecular complexity index is 654. The number of carbonyl (C=O) groups excluding carboxylic acids is 1. The third kappa shape index (κ3) is 5.45. The molecule has 0 aliphatic heterocycles. The van der Waals surface area contributed by atoms with Crippen molar-refractivity contribution in [2.75, 3.05) is 19.8 Å². The average molecular weight is 314 g/mol. The Labute approximate surface area is 136 Å². The molecule has 0 spiro atoms. The number of carbonyl (C=O) groups is 1. The Morgan fingerprint density at radius 1 is 1.17 bits per heavy atom. The van der Waals surface area contributed by atoms with Crippen molar-refractivity contribution >= 4 is 5.78 Å². The first-order valence-corrected chi connectivity index (χ1v) is 7.72. The summed E-state index contributed by atoms with van der Waals surface area (Å²) in [5.41, 5.74) is 2.96. The number of rotatable bonds is 8. The maximum absolute atomic E-state index is 12.4. The van der Waals surface area contributed by atoms with E-state index in [0.29, 0.717) is 31.3 Å². The van der Waals surface area contributed by atoms with Gasteiger partial charge in [-0.1, -0.05) is 6.07 Å². The molecule has 0 saturated carbocycles. The number of aryl methyl sites for hydroxylation is 2. The summed E-state index contributed by atoms with van der Waals surface area (Å²) in [6.45, 7) is 7.38. The zero-order valence-corrected chi connectivity index (χ0v) is 13.8. The van der Waals surface area contributed by atoms with Gasteiger partial charge >= 0.3 is 0 Å². The summed E-state index contributed by atoms with van der Waals surface area (Å²) in [4.78, 5) is 21.0. The van der Waals surface area contributed by atoms with Crippen LogP contribution in [0.1, 0.15) is 34.4 Å². The van der Waals surface area contributed by atoms with E-state index in [1.54, 1.807) is 12.3 Å². The Morgan fingerprint density at radius 2 is 2.00 bits per heavy atom. The molecule has 0 bridgehead atoms. The summed E-state index contributed by atoms with van der Waals surface area (Å²) >= 11 is 0. The van der Waals surface area contributed by atoms with Crippen LogP contribution in [0.5, 0.6) is 5.75 Å². The molecule has 23 heavy (non-hydrogen) atoms. The Morgan fingerprint density at radius 3 is 2.70 bits per heavy atom. The number of ether oxygens (including phenoxy) is 2. The number of aromatic nitrogens is 2. The molecule has 0 unspecified atom stereocenters. The third-order valence-corrected chi connectivity index (χ3v) is 3.23. The molecule has 5 nitrogen and oxygen atoms in total. The lowest BCUT2D eigenvalue weighted by molar-refractivity contribution is 0.0985. The highest BCUT2D eigenvalue weighted by atomic mass is 16.5. The van der Waals surface area contributed by atoms with Gasteiger partial charge in [-0.3, -0.25) is 9.78 Å². The first kappa shape index (κ1) is 17.1. The number of Topliss-reactive ketones (excluding diaryl/α,β-unsaturated/α-hetero) is 1. The summed E-state index contributed by atoms with van der Waals surface area (Å²) in [7, 11) is 0. The number of hydrogen-bond acceptors (Lipinski definition) is 5. The average Bonchev–Trinajstić information content (AvgIpc) is 2.53. The van der Waals surface area contributed by atoms with Gasteiger partial charge in [-0.25, -0.2) is 4.98 Å². The van der Waals surface area contributed by atoms with Gasteiger partial charge in [-0.2, -0.15) is 0 Å². The molecule has 5 heteroatoms. The number of ketones is 1. The maximum Gasteiger partial charge on any atom is 0.187 e. The summed E-state index contributed by atoms with van der Waals surface area (Å²) in [6.07, 6.45) is 1.99. The second-order valence-electron chi connectivity index (χ2n) is 5.30. The highest BCUT2D eigenvalue weighted by Gasteiger charge is 2.12. The highest BCUT2D eigenvalue weighted by molar-refractivity contribution is 5.95. The van der Waals surface area contributed by atoms with Gasteiger partial charge in [0.25, 0.3) is 0 Å². The second-order valence-corrected chi connectivity index (χ2v) is 5.30. The highest BCUT2D eigenvalue weighted by Crippen LogP contribution is 2.15. The number of hydrogen-bond donors (Lipinski definition) is 0. The molecular formula is C18H22N2O3. The topological polar surface area (TPSA) is 61.3 Å². The van der Waals surface area contributed by atoms with Gasteiger partial charge in [0, 0.05) is 36.3 Å². The van der Waals surface area contributed by atoms with Crippen molar-refractivity contribution in [3.05, 3.63) is 53.1 Å². The normalized spacial score (nSPS) is 10.6. The standard InChI is InChI=1S/C18H22N2O3/c1-4-22-7-8-23-16-9-14(3)20-17(11-16)18(21)10-15-6-5-13(2)12-19-15/h5-6,9,11-12H,4,7-8,10H2,1-3H3. The van der Waals surface area contributed by atoms with E-state index in [2.05, 4.69) is 9.97 Å². The molecule has 0 N–H and O–H groups in total. The summed E-state index contributed by atoms with van der Waals surface area (Å²) in [6, 6.07) is 7.30. The molecule has 2 rings (SSSR count). The van der Waals surface area contributed by atoms with Crippen LogP contribution in [0.15, 0.2) is 30.5 Å². The van der Waals surface area contributed by atoms with Gasteiger partial charge < -0.3 is 9.47 Å². The largest absolute Gasteiger partial charge is 0.491 e. The van der Waals surface area contributed by atoms with Gasteiger partial charge in [-0.05, 0) is 32.4 Å². The lowest BCUT2D eigenvalue weighted by Gasteiger charge is -2.09. The van der Waals surface area contributed by atoms with Crippen LogP contribution in [-0.4, -0.2) is 35.6 Å². The minimum atomic E-state index is -0.0697. The van der Waals surface area contributed by atoms with Crippen LogP contribution in [0.25, 0.3) is 0 Å². The van der Waals surface area contributed by atoms with Gasteiger partial charge in [0.2, 0.25) is 0 Å². The maximum atomic E-state index is 12.4. The van der Waals surface area contributed by atoms with E-state index in [0.717, 1.165) is 17.0 Å². The second kappa shape index (κ2) is 8.39. The molecule has 0 amide bonds. The lowest BCUT2D eigenvalue weighted by atomic mass is 10.1. The van der Waals surface area contributed by atoms with Crippen molar-refractivity contribution < 1.29 is 14.3 Å². The van der Waals surface area contributed by atoms with Crippen LogP contribution < -0.4 is 4.74 Å². The van der Waals surface area contributed by atoms with E-state index in [4.69, 9.17) is 9.47 Å². The predicted octanol–water partition coefficient (Wildman–Crippen LogP) is 2.93. The molecular weight excluding hydrogens is 292 g/mol. The van der Waals surface area contributed by atoms with E-state index in [-0.39, 0.29) is 12.2 Å². The van der Waals surface area contributed by atoms with Crippen LogP contribution in [0.4, 0.5) is 0 Å². The molecule has 2 heterocycles. The Balaban J connectivity index is 2.04. The van der Waals surface area contributed by atoms with Crippen LogP contribution in [-0.2, 0) is 11.2 Å². The van der Waals surface area contributed by atoms with E-state index in [1.807, 2.05) is 39.0 Å². The zero-order valence-electron chi connectivity index (χ0n) is 13.8. The summed E-state index contributed by atoms with van der Waals surface area (Å²) in [5.74, 6) is 0.567. The van der Waals surface area contributed by atoms with Gasteiger partial charge in [0.1, 0.15) is 18.1 Å². The van der Waals surface area contributed by atoms with Crippen molar-refractivity contribution in [1.29, 1.82) is 0 Å². The van der Waals surface area contributed by atoms with Crippen LogP contribution in [0.2, 0.25) is 0 Å². The third-order valence-electron chi connectivity index (χ3n) is 3.23. The Kier molecular flexibility index (Phi) is 6.23. The fourth-order valence-electron chi connectivity index (χ4n) is 2.08. The van der Waals surface area contributed by atoms with Crippen LogP contribution in [0, 0.1) is 13.8 Å². The van der Waals surface area contributed by atoms with E-state index in [9.17, 15) is 4.79 Å². The molecule has 0 atom stereocenters. The molecule has 0 saturated heterocycles. The van der Waals surface area contributed by atoms with Gasteiger partial charge in [0.05, 0.1) is 13.0 Å². The molecule has 122 valence electrons. The van der Waals surface area contributed by atoms with Gasteiger partial charge in [-0.15, -0.1) is 0 Å². The van der Waals surface area contributed by atoms with Crippen LogP contribution >= 0.6 is 0 Å². The Hall–Kier alpha value is -2.27. The number of pyridine rings is 2. The predicted molar refractivity (Wildman–Crippen MR) is 88.0 cm³/mol. The van der Waals surface area contributed by atoms with E-state index in [1.165, 1.54) is 0 Å². The molecule has 2 aromatic rings. The summed E-state index contributed by atoms with van der Waals surface area (Å²) < 4.78 is 10.8. The van der Waals surface area contributed by atoms with Crippen LogP contribution in [0.3, 0.4) is 0 Å². The molecule has 0 aromatic carbocycles. The van der Waals surface area contributed by atoms with E-state index >= 15 is 0 Å². The first-order chi connectivity index (χ1) is 11.1. The fraction of sp³-hybridized carbons (Fsp3) is 0.389. The minimum Gasteiger partial charge on any atom is -0.491 e. The lowest BCUT2D eigenvalue weighted by Crippen LogP contribution is -2.10. The molecule has 2 aromatic heterocycles. The van der Waals surface area contributed by atoms with Crippen molar-refractivity contribution in [2.45, 2.75) is 27.2 Å². The zero-order chi connectivity index (χ0) is 16.7. The number of nitrogens with zero attached hydrogens (tertiary/aromatic N) is 2. The van der Waals surface area contributed by atoms with Crippen molar-refractivity contribution in [3.63, 3.8) is 0 Å². The quantitative estimate of drug-likeness (QED) is 0.554. The molecule has 0 aliphatic carbocycles. The van der Waals surface area contributed by atoms with Gasteiger partial charge in [0.15, 0.2) is 5.78 Å². The molecule has 0 radical (unpaired) electrons. The first-order valence-electron chi connectivity index (χ1n) is 7.72. The van der Waals surface area contributed by atoms with Crippen molar-refractivity contribution in [3.8, 4) is 5.75 Å². The van der Waals surface area contributed by atoms with E-state index < -0.39 is 0 Å². The summed E-state index contributed by atoms with van der Waals surface area (Å²) in [5, 5.41) is 0. The van der Waals surface area contributed by atoms with Crippen molar-refractivity contribution in [1.82, 2.24) is 9.97 Å².